The molecule has 1 aliphatic heterocycles. The lowest BCUT2D eigenvalue weighted by molar-refractivity contribution is -0.122. The first-order chi connectivity index (χ1) is 11.0. The van der Waals surface area contributed by atoms with Crippen molar-refractivity contribution in [3.05, 3.63) is 34.7 Å². The lowest BCUT2D eigenvalue weighted by atomic mass is 10.1. The molecule has 0 radical (unpaired) electrons. The molecule has 1 aliphatic rings. The van der Waals surface area contributed by atoms with Gasteiger partial charge >= 0.3 is 0 Å². The van der Waals surface area contributed by atoms with Crippen molar-refractivity contribution in [2.75, 3.05) is 18.4 Å². The summed E-state index contributed by atoms with van der Waals surface area (Å²) in [5.41, 5.74) is 2.79. The second kappa shape index (κ2) is 7.90. The van der Waals surface area contributed by atoms with E-state index in [1.54, 1.807) is 4.90 Å². The zero-order valence-corrected chi connectivity index (χ0v) is 15.8. The minimum absolute atomic E-state index is 0.0125. The molecular formula is C16H19N3OS3. The summed E-state index contributed by atoms with van der Waals surface area (Å²) in [7, 11) is 0. The largest absolute Gasteiger partial charge is 0.363 e. The minimum atomic E-state index is -0.0125. The summed E-state index contributed by atoms with van der Waals surface area (Å²) in [6.07, 6.45) is 0. The van der Waals surface area contributed by atoms with Crippen LogP contribution in [0.2, 0.25) is 0 Å². The van der Waals surface area contributed by atoms with Crippen LogP contribution >= 0.6 is 36.2 Å². The number of thiocarbonyl (C=S) groups is 2. The van der Waals surface area contributed by atoms with E-state index in [9.17, 15) is 4.79 Å². The van der Waals surface area contributed by atoms with Crippen LogP contribution in [-0.2, 0) is 4.79 Å². The molecule has 0 spiro atoms. The maximum absolute atomic E-state index is 12.4. The van der Waals surface area contributed by atoms with Gasteiger partial charge in [-0.2, -0.15) is 0 Å². The molecule has 1 aromatic rings. The number of amides is 1. The minimum Gasteiger partial charge on any atom is -0.363 e. The Bertz CT molecular complexity index is 685. The van der Waals surface area contributed by atoms with Crippen LogP contribution in [0.1, 0.15) is 26.3 Å². The van der Waals surface area contributed by atoms with Crippen LogP contribution in [0.4, 0.5) is 5.69 Å². The van der Waals surface area contributed by atoms with Crippen molar-refractivity contribution in [2.45, 2.75) is 20.8 Å². The van der Waals surface area contributed by atoms with Gasteiger partial charge in [0.1, 0.15) is 4.32 Å². The molecule has 23 heavy (non-hydrogen) atoms. The first-order valence-electron chi connectivity index (χ1n) is 7.37. The first kappa shape index (κ1) is 17.9. The molecule has 1 aromatic carbocycles. The first-order valence-corrected chi connectivity index (χ1v) is 9.01. The topological polar surface area (TPSA) is 44.4 Å². The number of allylic oxidation sites excluding steroid dienone is 1. The molecule has 0 bridgehead atoms. The molecule has 1 amide bonds. The van der Waals surface area contributed by atoms with Gasteiger partial charge in [-0.1, -0.05) is 36.1 Å². The second-order valence-electron chi connectivity index (χ2n) is 4.94. The lowest BCUT2D eigenvalue weighted by Crippen LogP contribution is -2.28. The number of nitrogens with one attached hydrogen (secondary N) is 2. The smallest absolute Gasteiger partial charge is 0.266 e. The molecule has 4 nitrogen and oxygen atoms in total. The highest BCUT2D eigenvalue weighted by atomic mass is 32.2. The van der Waals surface area contributed by atoms with Crippen molar-refractivity contribution < 1.29 is 4.79 Å². The fourth-order valence-corrected chi connectivity index (χ4v) is 3.89. The Morgan fingerprint density at radius 3 is 2.70 bits per heavy atom. The van der Waals surface area contributed by atoms with Gasteiger partial charge in [0.15, 0.2) is 5.11 Å². The van der Waals surface area contributed by atoms with E-state index in [0.29, 0.717) is 20.9 Å². The summed E-state index contributed by atoms with van der Waals surface area (Å²) < 4.78 is 0.620. The van der Waals surface area contributed by atoms with Crippen LogP contribution in [0.5, 0.6) is 0 Å². The molecule has 7 heteroatoms. The van der Waals surface area contributed by atoms with E-state index in [1.807, 2.05) is 45.0 Å². The highest BCUT2D eigenvalue weighted by Crippen LogP contribution is 2.36. The van der Waals surface area contributed by atoms with Gasteiger partial charge in [-0.25, -0.2) is 0 Å². The fourth-order valence-electron chi connectivity index (χ4n) is 2.20. The van der Waals surface area contributed by atoms with E-state index in [1.165, 1.54) is 11.8 Å². The van der Waals surface area contributed by atoms with Crippen LogP contribution in [0, 0.1) is 0 Å². The SMILES string of the molecule is CCNC(=S)Nc1cccc(C(C)=C2SC(=S)N(CC)C2=O)c1. The standard InChI is InChI=1S/C16H19N3OS3/c1-4-17-15(21)18-12-8-6-7-11(9-12)10(3)13-14(20)19(5-2)16(22)23-13/h6-9H,4-5H2,1-3H3,(H2,17,18,21). The van der Waals surface area contributed by atoms with Crippen LogP contribution in [0.15, 0.2) is 29.2 Å². The monoisotopic (exact) mass is 365 g/mol. The van der Waals surface area contributed by atoms with Crippen molar-refractivity contribution in [1.29, 1.82) is 0 Å². The summed E-state index contributed by atoms with van der Waals surface area (Å²) in [5, 5.41) is 6.77. The van der Waals surface area contributed by atoms with E-state index >= 15 is 0 Å². The Morgan fingerprint density at radius 1 is 1.35 bits per heavy atom. The Hall–Kier alpha value is -1.44. The Morgan fingerprint density at radius 2 is 2.09 bits per heavy atom. The van der Waals surface area contributed by atoms with Gasteiger partial charge in [0.05, 0.1) is 4.91 Å². The summed E-state index contributed by atoms with van der Waals surface area (Å²) in [6.45, 7) is 7.23. The molecule has 0 aromatic heterocycles. The van der Waals surface area contributed by atoms with Gasteiger partial charge in [-0.05, 0) is 56.3 Å². The third-order valence-electron chi connectivity index (χ3n) is 3.40. The fraction of sp³-hybridized carbons (Fsp3) is 0.312. The van der Waals surface area contributed by atoms with Crippen molar-refractivity contribution in [2.24, 2.45) is 0 Å². The van der Waals surface area contributed by atoms with E-state index in [-0.39, 0.29) is 5.91 Å². The molecule has 0 aliphatic carbocycles. The van der Waals surface area contributed by atoms with Crippen LogP contribution < -0.4 is 10.6 Å². The van der Waals surface area contributed by atoms with Gasteiger partial charge < -0.3 is 10.6 Å². The molecule has 122 valence electrons. The number of thioether (sulfide) groups is 1. The molecule has 0 unspecified atom stereocenters. The summed E-state index contributed by atoms with van der Waals surface area (Å²) in [4.78, 5) is 14.7. The average Bonchev–Trinajstić information content (AvgIpc) is 2.81. The normalized spacial score (nSPS) is 16.6. The van der Waals surface area contributed by atoms with Gasteiger partial charge in [0.25, 0.3) is 5.91 Å². The van der Waals surface area contributed by atoms with Crippen molar-refractivity contribution in [1.82, 2.24) is 10.2 Å². The van der Waals surface area contributed by atoms with Crippen LogP contribution in [0.25, 0.3) is 5.57 Å². The Labute approximate surface area is 151 Å². The molecule has 1 saturated heterocycles. The predicted molar refractivity (Wildman–Crippen MR) is 107 cm³/mol. The Kier molecular flexibility index (Phi) is 6.15. The number of rotatable bonds is 4. The van der Waals surface area contributed by atoms with E-state index in [4.69, 9.17) is 24.4 Å². The van der Waals surface area contributed by atoms with E-state index in [0.717, 1.165) is 23.4 Å². The second-order valence-corrected chi connectivity index (χ2v) is 6.99. The molecular weight excluding hydrogens is 346 g/mol. The highest BCUT2D eigenvalue weighted by molar-refractivity contribution is 8.26. The zero-order chi connectivity index (χ0) is 17.0. The third kappa shape index (κ3) is 4.10. The number of likely N-dealkylation sites (N-methyl/N-ethyl adjacent to an activating group) is 1. The van der Waals surface area contributed by atoms with Crippen LogP contribution in [0.3, 0.4) is 0 Å². The summed E-state index contributed by atoms with van der Waals surface area (Å²) >= 11 is 11.8. The predicted octanol–water partition coefficient (Wildman–Crippen LogP) is 3.60. The maximum atomic E-state index is 12.4. The van der Waals surface area contributed by atoms with E-state index < -0.39 is 0 Å². The van der Waals surface area contributed by atoms with Gasteiger partial charge in [0, 0.05) is 18.8 Å². The van der Waals surface area contributed by atoms with Crippen molar-refractivity contribution in [3.8, 4) is 0 Å². The van der Waals surface area contributed by atoms with Crippen molar-refractivity contribution in [3.63, 3.8) is 0 Å². The maximum Gasteiger partial charge on any atom is 0.266 e. The number of anilines is 1. The van der Waals surface area contributed by atoms with Crippen LogP contribution in [-0.4, -0.2) is 33.3 Å². The molecule has 1 fully saturated rings. The van der Waals surface area contributed by atoms with Gasteiger partial charge in [0.2, 0.25) is 0 Å². The molecule has 1 heterocycles. The molecule has 0 saturated carbocycles. The number of hydrogen-bond acceptors (Lipinski definition) is 4. The molecule has 0 atom stereocenters. The number of carbonyl (C=O) groups excluding carboxylic acids is 1. The average molecular weight is 366 g/mol. The lowest BCUT2D eigenvalue weighted by Gasteiger charge is -2.12. The molecule has 2 rings (SSSR count). The number of benzene rings is 1. The Balaban J connectivity index is 2.28. The van der Waals surface area contributed by atoms with Gasteiger partial charge in [-0.15, -0.1) is 0 Å². The molecule has 2 N–H and O–H groups in total. The van der Waals surface area contributed by atoms with Crippen molar-refractivity contribution >= 4 is 62.8 Å². The zero-order valence-electron chi connectivity index (χ0n) is 13.3. The quantitative estimate of drug-likeness (QED) is 0.628. The highest BCUT2D eigenvalue weighted by Gasteiger charge is 2.32. The summed E-state index contributed by atoms with van der Waals surface area (Å²) in [6, 6.07) is 7.85. The van der Waals surface area contributed by atoms with Gasteiger partial charge in [-0.3, -0.25) is 9.69 Å². The summed E-state index contributed by atoms with van der Waals surface area (Å²) in [5.74, 6) is -0.0125. The van der Waals surface area contributed by atoms with E-state index in [2.05, 4.69) is 10.6 Å². The number of hydrogen-bond donors (Lipinski definition) is 2. The number of carbonyl (C=O) groups is 1. The third-order valence-corrected chi connectivity index (χ3v) is 5.19. The number of nitrogens with zero attached hydrogens (tertiary/aromatic N) is 1.